The topological polar surface area (TPSA) is 33.4 Å². The second-order valence-electron chi connectivity index (χ2n) is 2.76. The molecule has 1 atom stereocenters. The molecule has 1 N–H and O–H groups in total. The van der Waals surface area contributed by atoms with Crippen molar-refractivity contribution in [1.82, 2.24) is 0 Å². The zero-order valence-electron chi connectivity index (χ0n) is 7.45. The number of aliphatic hydroxyl groups excluding tert-OH is 1. The minimum absolute atomic E-state index is 0.417. The van der Waals surface area contributed by atoms with Gasteiger partial charge in [-0.2, -0.15) is 0 Å². The van der Waals surface area contributed by atoms with Crippen LogP contribution in [-0.2, 0) is 6.42 Å². The van der Waals surface area contributed by atoms with E-state index in [9.17, 15) is 0 Å². The summed E-state index contributed by atoms with van der Waals surface area (Å²) in [5.41, 5.74) is 0. The van der Waals surface area contributed by atoms with Crippen LogP contribution in [0.1, 0.15) is 25.4 Å². The van der Waals surface area contributed by atoms with Crippen molar-refractivity contribution >= 4 is 6.08 Å². The predicted molar refractivity (Wildman–Crippen MR) is 48.8 cm³/mol. The van der Waals surface area contributed by atoms with Crippen molar-refractivity contribution < 1.29 is 9.52 Å². The number of aliphatic hydroxyl groups is 1. The number of furan rings is 1. The minimum Gasteiger partial charge on any atom is -0.462 e. The molecule has 0 radical (unpaired) electrons. The first-order valence-corrected chi connectivity index (χ1v) is 4.17. The molecule has 12 heavy (non-hydrogen) atoms. The van der Waals surface area contributed by atoms with Crippen molar-refractivity contribution in [3.05, 3.63) is 29.7 Å². The third-order valence-corrected chi connectivity index (χ3v) is 1.57. The van der Waals surface area contributed by atoms with E-state index >= 15 is 0 Å². The number of aryl methyl sites for hydroxylation is 1. The standard InChI is InChI=1S/C10H14O2/c1-3-9-6-7-10(12-9)5-4-8(2)11/h4-8,11H,3H2,1-2H3/b5-4+. The van der Waals surface area contributed by atoms with Crippen molar-refractivity contribution in [2.45, 2.75) is 26.4 Å². The first-order valence-electron chi connectivity index (χ1n) is 4.17. The van der Waals surface area contributed by atoms with Crippen LogP contribution in [0.5, 0.6) is 0 Å². The fourth-order valence-electron chi connectivity index (χ4n) is 0.908. The fraction of sp³-hybridized carbons (Fsp3) is 0.400. The lowest BCUT2D eigenvalue weighted by Crippen LogP contribution is -1.90. The zero-order valence-corrected chi connectivity index (χ0v) is 7.45. The Morgan fingerprint density at radius 2 is 2.33 bits per heavy atom. The van der Waals surface area contributed by atoms with E-state index < -0.39 is 6.10 Å². The van der Waals surface area contributed by atoms with Gasteiger partial charge in [-0.3, -0.25) is 0 Å². The minimum atomic E-state index is -0.417. The Morgan fingerprint density at radius 3 is 2.83 bits per heavy atom. The maximum absolute atomic E-state index is 8.95. The lowest BCUT2D eigenvalue weighted by atomic mass is 10.3. The van der Waals surface area contributed by atoms with E-state index in [1.165, 1.54) is 0 Å². The van der Waals surface area contributed by atoms with Crippen LogP contribution in [0.3, 0.4) is 0 Å². The van der Waals surface area contributed by atoms with E-state index in [1.54, 1.807) is 19.1 Å². The highest BCUT2D eigenvalue weighted by molar-refractivity contribution is 5.43. The van der Waals surface area contributed by atoms with Crippen molar-refractivity contribution in [3.8, 4) is 0 Å². The molecule has 0 amide bonds. The summed E-state index contributed by atoms with van der Waals surface area (Å²) < 4.78 is 5.39. The maximum Gasteiger partial charge on any atom is 0.126 e. The summed E-state index contributed by atoms with van der Waals surface area (Å²) in [4.78, 5) is 0. The second kappa shape index (κ2) is 4.12. The maximum atomic E-state index is 8.95. The van der Waals surface area contributed by atoms with Crippen LogP contribution in [0.2, 0.25) is 0 Å². The van der Waals surface area contributed by atoms with Gasteiger partial charge in [0.15, 0.2) is 0 Å². The average molecular weight is 166 g/mol. The number of rotatable bonds is 3. The van der Waals surface area contributed by atoms with Gasteiger partial charge in [0.1, 0.15) is 11.5 Å². The first-order chi connectivity index (χ1) is 5.72. The van der Waals surface area contributed by atoms with E-state index in [2.05, 4.69) is 0 Å². The molecule has 1 unspecified atom stereocenters. The molecule has 0 aromatic carbocycles. The van der Waals surface area contributed by atoms with Gasteiger partial charge in [-0.05, 0) is 25.1 Å². The summed E-state index contributed by atoms with van der Waals surface area (Å²) in [5.74, 6) is 1.77. The van der Waals surface area contributed by atoms with Gasteiger partial charge in [-0.1, -0.05) is 13.0 Å². The van der Waals surface area contributed by atoms with Crippen LogP contribution in [0.15, 0.2) is 22.6 Å². The Labute approximate surface area is 72.5 Å². The normalized spacial score (nSPS) is 13.9. The molecule has 2 nitrogen and oxygen atoms in total. The average Bonchev–Trinajstić information content (AvgIpc) is 2.48. The van der Waals surface area contributed by atoms with E-state index in [1.807, 2.05) is 19.1 Å². The number of hydrogen-bond acceptors (Lipinski definition) is 2. The molecule has 0 fully saturated rings. The predicted octanol–water partition coefficient (Wildman–Crippen LogP) is 2.24. The van der Waals surface area contributed by atoms with Crippen LogP contribution in [0.25, 0.3) is 6.08 Å². The lowest BCUT2D eigenvalue weighted by molar-refractivity contribution is 0.245. The zero-order chi connectivity index (χ0) is 8.97. The van der Waals surface area contributed by atoms with E-state index in [-0.39, 0.29) is 0 Å². The van der Waals surface area contributed by atoms with E-state index in [4.69, 9.17) is 9.52 Å². The molecular weight excluding hydrogens is 152 g/mol. The molecule has 0 aliphatic heterocycles. The fourth-order valence-corrected chi connectivity index (χ4v) is 0.908. The van der Waals surface area contributed by atoms with Gasteiger partial charge < -0.3 is 9.52 Å². The third kappa shape index (κ3) is 2.55. The molecule has 0 bridgehead atoms. The summed E-state index contributed by atoms with van der Waals surface area (Å²) in [5, 5.41) is 8.95. The van der Waals surface area contributed by atoms with Crippen LogP contribution in [0.4, 0.5) is 0 Å². The molecule has 1 rings (SSSR count). The molecule has 0 aliphatic rings. The Bertz CT molecular complexity index is 259. The molecule has 66 valence electrons. The quantitative estimate of drug-likeness (QED) is 0.747. The Balaban J connectivity index is 2.63. The largest absolute Gasteiger partial charge is 0.462 e. The van der Waals surface area contributed by atoms with Crippen LogP contribution >= 0.6 is 0 Å². The van der Waals surface area contributed by atoms with Crippen molar-refractivity contribution in [2.24, 2.45) is 0 Å². The highest BCUT2D eigenvalue weighted by Crippen LogP contribution is 2.10. The summed E-state index contributed by atoms with van der Waals surface area (Å²) >= 11 is 0. The molecule has 2 heteroatoms. The monoisotopic (exact) mass is 166 g/mol. The summed E-state index contributed by atoms with van der Waals surface area (Å²) in [7, 11) is 0. The molecule has 0 saturated carbocycles. The van der Waals surface area contributed by atoms with Gasteiger partial charge in [0.25, 0.3) is 0 Å². The molecule has 1 aromatic heterocycles. The SMILES string of the molecule is CCc1ccc(/C=C/C(C)O)o1. The van der Waals surface area contributed by atoms with Crippen LogP contribution < -0.4 is 0 Å². The lowest BCUT2D eigenvalue weighted by Gasteiger charge is -1.91. The van der Waals surface area contributed by atoms with Gasteiger partial charge in [0.2, 0.25) is 0 Å². The Morgan fingerprint density at radius 1 is 1.58 bits per heavy atom. The third-order valence-electron chi connectivity index (χ3n) is 1.57. The molecule has 0 aliphatic carbocycles. The van der Waals surface area contributed by atoms with E-state index in [0.29, 0.717) is 0 Å². The molecule has 0 saturated heterocycles. The highest BCUT2D eigenvalue weighted by atomic mass is 16.3. The van der Waals surface area contributed by atoms with Gasteiger partial charge in [-0.25, -0.2) is 0 Å². The molecular formula is C10H14O2. The summed E-state index contributed by atoms with van der Waals surface area (Å²) in [6.07, 6.45) is 3.96. The molecule has 1 aromatic rings. The van der Waals surface area contributed by atoms with Crippen molar-refractivity contribution in [2.75, 3.05) is 0 Å². The van der Waals surface area contributed by atoms with Gasteiger partial charge in [0, 0.05) is 6.42 Å². The van der Waals surface area contributed by atoms with Crippen LogP contribution in [-0.4, -0.2) is 11.2 Å². The Kier molecular flexibility index (Phi) is 3.11. The summed E-state index contributed by atoms with van der Waals surface area (Å²) in [6, 6.07) is 3.85. The number of hydrogen-bond donors (Lipinski definition) is 1. The highest BCUT2D eigenvalue weighted by Gasteiger charge is 1.95. The van der Waals surface area contributed by atoms with Crippen molar-refractivity contribution in [3.63, 3.8) is 0 Å². The van der Waals surface area contributed by atoms with Crippen molar-refractivity contribution in [1.29, 1.82) is 0 Å². The smallest absolute Gasteiger partial charge is 0.126 e. The molecule has 1 heterocycles. The van der Waals surface area contributed by atoms with Gasteiger partial charge in [-0.15, -0.1) is 0 Å². The van der Waals surface area contributed by atoms with Crippen LogP contribution in [0, 0.1) is 0 Å². The van der Waals surface area contributed by atoms with Gasteiger partial charge >= 0.3 is 0 Å². The van der Waals surface area contributed by atoms with Gasteiger partial charge in [0.05, 0.1) is 6.10 Å². The Hall–Kier alpha value is -1.02. The first kappa shape index (κ1) is 9.07. The second-order valence-corrected chi connectivity index (χ2v) is 2.76. The molecule has 0 spiro atoms. The summed E-state index contributed by atoms with van der Waals surface area (Å²) in [6.45, 7) is 3.75. The van der Waals surface area contributed by atoms with E-state index in [0.717, 1.165) is 17.9 Å².